The molecule has 2 nitrogen and oxygen atoms in total. The Labute approximate surface area is 82.5 Å². The van der Waals surface area contributed by atoms with Gasteiger partial charge in [-0.05, 0) is 12.0 Å². The van der Waals surface area contributed by atoms with Crippen molar-refractivity contribution >= 4 is 17.6 Å². The number of hydrogen-bond acceptors (Lipinski definition) is 2. The predicted molar refractivity (Wildman–Crippen MR) is 51.8 cm³/mol. The highest BCUT2D eigenvalue weighted by Gasteiger charge is 2.15. The van der Waals surface area contributed by atoms with Crippen LogP contribution in [0.25, 0.3) is 0 Å². The van der Waals surface area contributed by atoms with Crippen LogP contribution in [-0.4, -0.2) is 18.5 Å². The minimum Gasteiger partial charge on any atom is -0.468 e. The highest BCUT2D eigenvalue weighted by molar-refractivity contribution is 6.30. The Kier molecular flexibility index (Phi) is 3.77. The third-order valence-electron chi connectivity index (χ3n) is 1.71. The Morgan fingerprint density at radius 2 is 2.08 bits per heavy atom. The molecule has 0 amide bonds. The average Bonchev–Trinajstić information content (AvgIpc) is 2.18. The number of rotatable bonds is 3. The van der Waals surface area contributed by atoms with Crippen molar-refractivity contribution in [2.45, 2.75) is 11.8 Å². The molecule has 1 rings (SSSR count). The zero-order valence-electron chi connectivity index (χ0n) is 7.37. The van der Waals surface area contributed by atoms with E-state index in [1.807, 2.05) is 30.3 Å². The van der Waals surface area contributed by atoms with E-state index in [4.69, 9.17) is 11.6 Å². The summed E-state index contributed by atoms with van der Waals surface area (Å²) in [6.45, 7) is 0. The van der Waals surface area contributed by atoms with E-state index in [2.05, 4.69) is 4.74 Å². The first-order chi connectivity index (χ1) is 6.24. The lowest BCUT2D eigenvalue weighted by atomic mass is 10.1. The van der Waals surface area contributed by atoms with Crippen LogP contribution in [0.1, 0.15) is 5.56 Å². The van der Waals surface area contributed by atoms with Gasteiger partial charge in [0.2, 0.25) is 0 Å². The summed E-state index contributed by atoms with van der Waals surface area (Å²) in [5.74, 6) is -0.384. The second kappa shape index (κ2) is 4.87. The van der Waals surface area contributed by atoms with Crippen molar-refractivity contribution in [2.75, 3.05) is 7.11 Å². The first-order valence-electron chi connectivity index (χ1n) is 4.00. The number of halogens is 1. The summed E-state index contributed by atoms with van der Waals surface area (Å²) < 4.78 is 4.51. The minimum atomic E-state index is -0.590. The summed E-state index contributed by atoms with van der Waals surface area (Å²) in [7, 11) is 1.34. The number of carbonyl (C=O) groups is 1. The largest absolute Gasteiger partial charge is 0.468 e. The van der Waals surface area contributed by atoms with Crippen LogP contribution < -0.4 is 0 Å². The molecule has 0 radical (unpaired) electrons. The number of methoxy groups -OCH3 is 1. The lowest BCUT2D eigenvalue weighted by molar-refractivity contribution is -0.140. The molecule has 1 aromatic rings. The zero-order valence-corrected chi connectivity index (χ0v) is 8.12. The number of hydrogen-bond donors (Lipinski definition) is 0. The predicted octanol–water partition coefficient (Wildman–Crippen LogP) is 2.01. The molecule has 0 heterocycles. The van der Waals surface area contributed by atoms with Crippen LogP contribution in [0.15, 0.2) is 30.3 Å². The Morgan fingerprint density at radius 1 is 1.46 bits per heavy atom. The van der Waals surface area contributed by atoms with Crippen LogP contribution in [0.4, 0.5) is 0 Å². The normalized spacial score (nSPS) is 12.2. The van der Waals surface area contributed by atoms with Crippen LogP contribution in [0.3, 0.4) is 0 Å². The lowest BCUT2D eigenvalue weighted by Crippen LogP contribution is -2.18. The fourth-order valence-corrected chi connectivity index (χ4v) is 1.30. The fourth-order valence-electron chi connectivity index (χ4n) is 1.03. The molecule has 0 aliphatic carbocycles. The number of benzene rings is 1. The third-order valence-corrected chi connectivity index (χ3v) is 2.05. The second-order valence-electron chi connectivity index (χ2n) is 2.68. The van der Waals surface area contributed by atoms with Gasteiger partial charge < -0.3 is 4.74 Å². The van der Waals surface area contributed by atoms with Crippen molar-refractivity contribution in [3.05, 3.63) is 35.9 Å². The average molecular weight is 199 g/mol. The van der Waals surface area contributed by atoms with Crippen molar-refractivity contribution in [3.63, 3.8) is 0 Å². The molecule has 1 aromatic carbocycles. The van der Waals surface area contributed by atoms with E-state index in [9.17, 15) is 4.79 Å². The Hall–Kier alpha value is -1.02. The fraction of sp³-hybridized carbons (Fsp3) is 0.300. The molecule has 3 heteroatoms. The minimum absolute atomic E-state index is 0.384. The molecule has 70 valence electrons. The zero-order chi connectivity index (χ0) is 9.68. The van der Waals surface area contributed by atoms with Gasteiger partial charge in [0.25, 0.3) is 0 Å². The summed E-state index contributed by atoms with van der Waals surface area (Å²) >= 11 is 5.79. The van der Waals surface area contributed by atoms with Crippen LogP contribution in [0.5, 0.6) is 0 Å². The molecule has 0 saturated carbocycles. The Morgan fingerprint density at radius 3 is 2.62 bits per heavy atom. The van der Waals surface area contributed by atoms with Gasteiger partial charge in [0.1, 0.15) is 5.38 Å². The highest BCUT2D eigenvalue weighted by Crippen LogP contribution is 2.08. The van der Waals surface area contributed by atoms with Gasteiger partial charge in [-0.1, -0.05) is 30.3 Å². The van der Waals surface area contributed by atoms with Crippen LogP contribution in [0, 0.1) is 0 Å². The van der Waals surface area contributed by atoms with Crippen molar-refractivity contribution in [1.29, 1.82) is 0 Å². The monoisotopic (exact) mass is 198 g/mol. The van der Waals surface area contributed by atoms with Crippen LogP contribution >= 0.6 is 11.6 Å². The smallest absolute Gasteiger partial charge is 0.324 e. The molecular formula is C10H11ClO2. The molecular weight excluding hydrogens is 188 g/mol. The quantitative estimate of drug-likeness (QED) is 0.549. The van der Waals surface area contributed by atoms with E-state index in [0.29, 0.717) is 6.42 Å². The molecule has 0 aliphatic rings. The van der Waals surface area contributed by atoms with E-state index < -0.39 is 5.38 Å². The summed E-state index contributed by atoms with van der Waals surface area (Å²) in [4.78, 5) is 11.0. The third kappa shape index (κ3) is 3.07. The maximum atomic E-state index is 11.0. The van der Waals surface area contributed by atoms with E-state index in [0.717, 1.165) is 5.56 Å². The van der Waals surface area contributed by atoms with Gasteiger partial charge in [0.15, 0.2) is 0 Å². The number of esters is 1. The van der Waals surface area contributed by atoms with Crippen LogP contribution in [-0.2, 0) is 16.0 Å². The highest BCUT2D eigenvalue weighted by atomic mass is 35.5. The molecule has 1 atom stereocenters. The van der Waals surface area contributed by atoms with Gasteiger partial charge in [0, 0.05) is 0 Å². The van der Waals surface area contributed by atoms with Crippen molar-refractivity contribution in [2.24, 2.45) is 0 Å². The standard InChI is InChI=1S/C10H11ClO2/c1-13-10(12)9(11)7-8-5-3-2-4-6-8/h2-6,9H,7H2,1H3/t9-/m0/s1. The van der Waals surface area contributed by atoms with Gasteiger partial charge in [0.05, 0.1) is 7.11 Å². The van der Waals surface area contributed by atoms with Gasteiger partial charge in [-0.15, -0.1) is 11.6 Å². The van der Waals surface area contributed by atoms with Crippen LogP contribution in [0.2, 0.25) is 0 Å². The summed E-state index contributed by atoms with van der Waals surface area (Å²) in [5.41, 5.74) is 1.04. The Bertz CT molecular complexity index is 272. The summed E-state index contributed by atoms with van der Waals surface area (Å²) in [6, 6.07) is 9.61. The molecule has 0 unspecified atom stereocenters. The molecule has 0 spiro atoms. The molecule has 0 aromatic heterocycles. The van der Waals surface area contributed by atoms with Crippen molar-refractivity contribution in [3.8, 4) is 0 Å². The van der Waals surface area contributed by atoms with E-state index in [-0.39, 0.29) is 5.97 Å². The SMILES string of the molecule is COC(=O)[C@@H](Cl)Cc1ccccc1. The Balaban J connectivity index is 2.55. The van der Waals surface area contributed by atoms with Gasteiger partial charge in [-0.2, -0.15) is 0 Å². The molecule has 0 fully saturated rings. The van der Waals surface area contributed by atoms with E-state index in [1.165, 1.54) is 7.11 Å². The summed E-state index contributed by atoms with van der Waals surface area (Å²) in [6.07, 6.45) is 0.509. The van der Waals surface area contributed by atoms with E-state index in [1.54, 1.807) is 0 Å². The number of carbonyl (C=O) groups excluding carboxylic acids is 1. The number of alkyl halides is 1. The first kappa shape index (κ1) is 10.1. The maximum Gasteiger partial charge on any atom is 0.324 e. The van der Waals surface area contributed by atoms with Gasteiger partial charge in [-0.25, -0.2) is 0 Å². The lowest BCUT2D eigenvalue weighted by Gasteiger charge is -2.06. The molecule has 0 saturated heterocycles. The topological polar surface area (TPSA) is 26.3 Å². The van der Waals surface area contributed by atoms with Crippen molar-refractivity contribution < 1.29 is 9.53 Å². The van der Waals surface area contributed by atoms with Crippen molar-refractivity contribution in [1.82, 2.24) is 0 Å². The molecule has 0 N–H and O–H groups in total. The molecule has 0 aliphatic heterocycles. The van der Waals surface area contributed by atoms with E-state index >= 15 is 0 Å². The van der Waals surface area contributed by atoms with Gasteiger partial charge in [-0.3, -0.25) is 4.79 Å². The first-order valence-corrected chi connectivity index (χ1v) is 4.43. The summed E-state index contributed by atoms with van der Waals surface area (Å²) in [5, 5.41) is -0.590. The van der Waals surface area contributed by atoms with Gasteiger partial charge >= 0.3 is 5.97 Å². The molecule has 0 bridgehead atoms. The maximum absolute atomic E-state index is 11.0. The molecule has 13 heavy (non-hydrogen) atoms. The number of ether oxygens (including phenoxy) is 1. The second-order valence-corrected chi connectivity index (χ2v) is 3.21.